The van der Waals surface area contributed by atoms with Crippen molar-refractivity contribution in [2.24, 2.45) is 0 Å². The predicted octanol–water partition coefficient (Wildman–Crippen LogP) is 1.85. The largest absolute Gasteiger partial charge is 0.492 e. The predicted molar refractivity (Wildman–Crippen MR) is 75.9 cm³/mol. The van der Waals surface area contributed by atoms with E-state index in [1.165, 1.54) is 24.0 Å². The summed E-state index contributed by atoms with van der Waals surface area (Å²) in [5.74, 6) is 0.886. The maximum Gasteiger partial charge on any atom is 0.249 e. The second-order valence-electron chi connectivity index (χ2n) is 5.43. The summed E-state index contributed by atoms with van der Waals surface area (Å²) >= 11 is 0. The number of benzene rings is 1. The molecule has 1 fully saturated rings. The fraction of sp³-hybridized carbons (Fsp3) is 0.562. The summed E-state index contributed by atoms with van der Waals surface area (Å²) in [5, 5.41) is 2.86. The van der Waals surface area contributed by atoms with Gasteiger partial charge in [0.25, 0.3) is 0 Å². The number of carbonyl (C=O) groups is 1. The van der Waals surface area contributed by atoms with Crippen molar-refractivity contribution >= 4 is 5.91 Å². The number of fused-ring (bicyclic) bond motifs is 1. The van der Waals surface area contributed by atoms with Crippen LogP contribution >= 0.6 is 0 Å². The van der Waals surface area contributed by atoms with Crippen LogP contribution in [0.3, 0.4) is 0 Å². The Kier molecular flexibility index (Phi) is 4.21. The molecule has 20 heavy (non-hydrogen) atoms. The molecule has 1 saturated heterocycles. The number of hydrogen-bond donors (Lipinski definition) is 1. The lowest BCUT2D eigenvalue weighted by Crippen LogP contribution is -2.36. The highest BCUT2D eigenvalue weighted by molar-refractivity contribution is 5.80. The Morgan fingerprint density at radius 1 is 1.30 bits per heavy atom. The van der Waals surface area contributed by atoms with E-state index in [0.717, 1.165) is 25.0 Å². The van der Waals surface area contributed by atoms with E-state index in [1.54, 1.807) is 0 Å². The van der Waals surface area contributed by atoms with E-state index in [1.807, 2.05) is 6.07 Å². The van der Waals surface area contributed by atoms with Crippen LogP contribution in [0, 0.1) is 0 Å². The van der Waals surface area contributed by atoms with Gasteiger partial charge in [0.2, 0.25) is 5.91 Å². The molecule has 3 rings (SSSR count). The second-order valence-corrected chi connectivity index (χ2v) is 5.43. The number of rotatable bonds is 5. The fourth-order valence-electron chi connectivity index (χ4n) is 2.88. The van der Waals surface area contributed by atoms with Gasteiger partial charge in [-0.15, -0.1) is 0 Å². The normalized spacial score (nSPS) is 20.7. The smallest absolute Gasteiger partial charge is 0.249 e. The molecule has 1 aromatic rings. The molecule has 1 amide bonds. The summed E-state index contributed by atoms with van der Waals surface area (Å²) in [6.45, 7) is 1.72. The van der Waals surface area contributed by atoms with E-state index in [0.29, 0.717) is 19.8 Å². The third kappa shape index (κ3) is 3.12. The second kappa shape index (κ2) is 6.27. The van der Waals surface area contributed by atoms with Crippen LogP contribution in [0.25, 0.3) is 0 Å². The van der Waals surface area contributed by atoms with Gasteiger partial charge in [-0.1, -0.05) is 6.07 Å². The molecule has 2 aliphatic rings. The molecule has 0 saturated carbocycles. The SMILES string of the molecule is O=C(NCCOc1ccc2c(c1)CCC2)C1CCCO1. The Balaban J connectivity index is 1.40. The molecule has 0 radical (unpaired) electrons. The van der Waals surface area contributed by atoms with Gasteiger partial charge in [-0.3, -0.25) is 4.79 Å². The first kappa shape index (κ1) is 13.4. The van der Waals surface area contributed by atoms with E-state index in [9.17, 15) is 4.79 Å². The topological polar surface area (TPSA) is 47.6 Å². The van der Waals surface area contributed by atoms with Crippen LogP contribution in [-0.2, 0) is 22.4 Å². The standard InChI is InChI=1S/C16H21NO3/c18-16(15-5-2-9-20-15)17-8-10-19-14-7-6-12-3-1-4-13(12)11-14/h6-7,11,15H,1-5,8-10H2,(H,17,18). The van der Waals surface area contributed by atoms with Crippen molar-refractivity contribution in [3.05, 3.63) is 29.3 Å². The number of aryl methyl sites for hydroxylation is 2. The number of carbonyl (C=O) groups excluding carboxylic acids is 1. The molecule has 1 aromatic carbocycles. The maximum atomic E-state index is 11.7. The quantitative estimate of drug-likeness (QED) is 0.834. The Hall–Kier alpha value is -1.55. The van der Waals surface area contributed by atoms with Gasteiger partial charge in [0.1, 0.15) is 18.5 Å². The van der Waals surface area contributed by atoms with Crippen molar-refractivity contribution in [1.29, 1.82) is 0 Å². The summed E-state index contributed by atoms with van der Waals surface area (Å²) < 4.78 is 11.0. The van der Waals surface area contributed by atoms with Gasteiger partial charge in [-0.05, 0) is 55.4 Å². The fourth-order valence-corrected chi connectivity index (χ4v) is 2.88. The highest BCUT2D eigenvalue weighted by atomic mass is 16.5. The Morgan fingerprint density at radius 2 is 2.20 bits per heavy atom. The van der Waals surface area contributed by atoms with Crippen molar-refractivity contribution in [3.63, 3.8) is 0 Å². The molecule has 4 nitrogen and oxygen atoms in total. The summed E-state index contributed by atoms with van der Waals surface area (Å²) in [6.07, 6.45) is 5.14. The lowest BCUT2D eigenvalue weighted by Gasteiger charge is -2.11. The average molecular weight is 275 g/mol. The van der Waals surface area contributed by atoms with Crippen LogP contribution in [0.1, 0.15) is 30.4 Å². The highest BCUT2D eigenvalue weighted by Crippen LogP contribution is 2.25. The molecule has 0 spiro atoms. The number of ether oxygens (including phenoxy) is 2. The van der Waals surface area contributed by atoms with Crippen LogP contribution in [-0.4, -0.2) is 31.8 Å². The van der Waals surface area contributed by atoms with Crippen molar-refractivity contribution < 1.29 is 14.3 Å². The van der Waals surface area contributed by atoms with E-state index < -0.39 is 0 Å². The summed E-state index contributed by atoms with van der Waals surface area (Å²) in [4.78, 5) is 11.7. The van der Waals surface area contributed by atoms with E-state index in [2.05, 4.69) is 17.4 Å². The molecule has 1 unspecified atom stereocenters. The first-order valence-corrected chi connectivity index (χ1v) is 7.47. The Morgan fingerprint density at radius 3 is 3.05 bits per heavy atom. The number of amides is 1. The molecule has 1 aliphatic heterocycles. The van der Waals surface area contributed by atoms with Gasteiger partial charge in [0.05, 0.1) is 6.54 Å². The molecule has 1 aliphatic carbocycles. The lowest BCUT2D eigenvalue weighted by atomic mass is 10.1. The first-order chi connectivity index (χ1) is 9.83. The minimum Gasteiger partial charge on any atom is -0.492 e. The van der Waals surface area contributed by atoms with Gasteiger partial charge < -0.3 is 14.8 Å². The summed E-state index contributed by atoms with van der Waals surface area (Å²) in [7, 11) is 0. The van der Waals surface area contributed by atoms with Crippen molar-refractivity contribution in [3.8, 4) is 5.75 Å². The van der Waals surface area contributed by atoms with Gasteiger partial charge in [-0.25, -0.2) is 0 Å². The zero-order chi connectivity index (χ0) is 13.8. The van der Waals surface area contributed by atoms with Crippen LogP contribution in [0.4, 0.5) is 0 Å². The Labute approximate surface area is 119 Å². The molecule has 1 heterocycles. The molecule has 1 N–H and O–H groups in total. The molecular formula is C16H21NO3. The molecule has 0 aromatic heterocycles. The summed E-state index contributed by atoms with van der Waals surface area (Å²) in [5.41, 5.74) is 2.86. The highest BCUT2D eigenvalue weighted by Gasteiger charge is 2.22. The van der Waals surface area contributed by atoms with Gasteiger partial charge in [0, 0.05) is 6.61 Å². The van der Waals surface area contributed by atoms with Crippen LogP contribution in [0.15, 0.2) is 18.2 Å². The minimum absolute atomic E-state index is 0.0138. The maximum absolute atomic E-state index is 11.7. The van der Waals surface area contributed by atoms with Crippen LogP contribution < -0.4 is 10.1 Å². The third-order valence-corrected chi connectivity index (χ3v) is 3.96. The number of hydrogen-bond acceptors (Lipinski definition) is 3. The van der Waals surface area contributed by atoms with Gasteiger partial charge >= 0.3 is 0 Å². The first-order valence-electron chi connectivity index (χ1n) is 7.47. The molecule has 108 valence electrons. The lowest BCUT2D eigenvalue weighted by molar-refractivity contribution is -0.130. The van der Waals surface area contributed by atoms with E-state index in [-0.39, 0.29) is 12.0 Å². The minimum atomic E-state index is -0.255. The summed E-state index contributed by atoms with van der Waals surface area (Å²) in [6, 6.07) is 6.30. The van der Waals surface area contributed by atoms with Gasteiger partial charge in [0.15, 0.2) is 0 Å². The van der Waals surface area contributed by atoms with E-state index >= 15 is 0 Å². The van der Waals surface area contributed by atoms with Crippen molar-refractivity contribution in [1.82, 2.24) is 5.32 Å². The average Bonchev–Trinajstić information content (AvgIpc) is 3.13. The van der Waals surface area contributed by atoms with Crippen LogP contribution in [0.5, 0.6) is 5.75 Å². The van der Waals surface area contributed by atoms with Crippen molar-refractivity contribution in [2.45, 2.75) is 38.2 Å². The van der Waals surface area contributed by atoms with E-state index in [4.69, 9.17) is 9.47 Å². The zero-order valence-electron chi connectivity index (χ0n) is 11.7. The molecule has 1 atom stereocenters. The monoisotopic (exact) mass is 275 g/mol. The molecular weight excluding hydrogens is 254 g/mol. The Bertz CT molecular complexity index is 481. The number of nitrogens with one attached hydrogen (secondary N) is 1. The molecule has 0 bridgehead atoms. The van der Waals surface area contributed by atoms with Crippen molar-refractivity contribution in [2.75, 3.05) is 19.8 Å². The zero-order valence-corrected chi connectivity index (χ0v) is 11.7. The van der Waals surface area contributed by atoms with Gasteiger partial charge in [-0.2, -0.15) is 0 Å². The van der Waals surface area contributed by atoms with Crippen LogP contribution in [0.2, 0.25) is 0 Å². The third-order valence-electron chi connectivity index (χ3n) is 3.96. The molecule has 4 heteroatoms.